The summed E-state index contributed by atoms with van der Waals surface area (Å²) in [4.78, 5) is 33.6. The Balaban J connectivity index is 1.76. The summed E-state index contributed by atoms with van der Waals surface area (Å²) in [5, 5.41) is 4.05. The number of aryl methyl sites for hydroxylation is 1. The molecule has 1 saturated carbocycles. The van der Waals surface area contributed by atoms with Crippen LogP contribution in [0.4, 0.5) is 0 Å². The second kappa shape index (κ2) is 6.54. The van der Waals surface area contributed by atoms with E-state index in [4.69, 9.17) is 9.26 Å². The summed E-state index contributed by atoms with van der Waals surface area (Å²) < 4.78 is 14.0. The molecule has 3 aromatic heterocycles. The minimum atomic E-state index is -0.414. The molecule has 0 amide bonds. The molecular weight excluding hydrogens is 374 g/mol. The van der Waals surface area contributed by atoms with Crippen LogP contribution in [-0.4, -0.2) is 30.1 Å². The maximum Gasteiger partial charge on any atom is 0.308 e. The van der Waals surface area contributed by atoms with Crippen LogP contribution in [0.5, 0.6) is 5.75 Å². The van der Waals surface area contributed by atoms with Crippen LogP contribution >= 0.6 is 0 Å². The van der Waals surface area contributed by atoms with Crippen LogP contribution < -0.4 is 10.3 Å². The van der Waals surface area contributed by atoms with Crippen molar-refractivity contribution in [2.75, 3.05) is 0 Å². The third kappa shape index (κ3) is 2.89. The van der Waals surface area contributed by atoms with E-state index < -0.39 is 5.97 Å². The Hall–Kier alpha value is -3.49. The molecule has 0 N–H and O–H groups in total. The SMILES string of the molecule is CCCn1c(=O)c2c(-c3noc(C4CC4)n3)ncn2c2ccc(OC(C)=O)cc21. The third-order valence-electron chi connectivity index (χ3n) is 5.00. The molecule has 1 aliphatic carbocycles. The molecule has 29 heavy (non-hydrogen) atoms. The summed E-state index contributed by atoms with van der Waals surface area (Å²) >= 11 is 0. The molecule has 0 spiro atoms. The average Bonchev–Trinajstić information content (AvgIpc) is 3.25. The number of aromatic nitrogens is 5. The first-order valence-electron chi connectivity index (χ1n) is 9.62. The van der Waals surface area contributed by atoms with Gasteiger partial charge in [-0.05, 0) is 31.4 Å². The second-order valence-corrected chi connectivity index (χ2v) is 7.24. The monoisotopic (exact) mass is 393 g/mol. The normalized spacial score (nSPS) is 14.0. The van der Waals surface area contributed by atoms with Gasteiger partial charge in [0.05, 0.1) is 11.0 Å². The number of carbonyl (C=O) groups is 1. The average molecular weight is 393 g/mol. The molecule has 0 radical (unpaired) electrons. The number of hydrogen-bond donors (Lipinski definition) is 0. The van der Waals surface area contributed by atoms with Gasteiger partial charge in [-0.3, -0.25) is 14.0 Å². The maximum atomic E-state index is 13.4. The van der Waals surface area contributed by atoms with E-state index in [9.17, 15) is 9.59 Å². The molecule has 1 aliphatic rings. The summed E-state index contributed by atoms with van der Waals surface area (Å²) in [6, 6.07) is 5.21. The van der Waals surface area contributed by atoms with Crippen LogP contribution in [0.2, 0.25) is 0 Å². The van der Waals surface area contributed by atoms with Crippen molar-refractivity contribution in [3.05, 3.63) is 40.8 Å². The summed E-state index contributed by atoms with van der Waals surface area (Å²) in [5.41, 5.74) is 2.04. The van der Waals surface area contributed by atoms with Crippen molar-refractivity contribution < 1.29 is 14.1 Å². The van der Waals surface area contributed by atoms with Gasteiger partial charge in [-0.25, -0.2) is 4.98 Å². The minimum absolute atomic E-state index is 0.204. The zero-order chi connectivity index (χ0) is 20.1. The van der Waals surface area contributed by atoms with E-state index in [2.05, 4.69) is 15.1 Å². The smallest absolute Gasteiger partial charge is 0.308 e. The molecule has 0 saturated heterocycles. The molecule has 0 unspecified atom stereocenters. The maximum absolute atomic E-state index is 13.4. The largest absolute Gasteiger partial charge is 0.427 e. The first-order chi connectivity index (χ1) is 14.1. The number of hydrogen-bond acceptors (Lipinski definition) is 7. The Morgan fingerprint density at radius 2 is 2.14 bits per heavy atom. The highest BCUT2D eigenvalue weighted by molar-refractivity contribution is 5.85. The highest BCUT2D eigenvalue weighted by Crippen LogP contribution is 2.39. The predicted molar refractivity (Wildman–Crippen MR) is 104 cm³/mol. The Kier molecular flexibility index (Phi) is 3.97. The van der Waals surface area contributed by atoms with E-state index in [-0.39, 0.29) is 5.56 Å². The topological polar surface area (TPSA) is 105 Å². The Bertz CT molecular complexity index is 1310. The van der Waals surface area contributed by atoms with E-state index in [0.29, 0.717) is 46.7 Å². The van der Waals surface area contributed by atoms with Crippen molar-refractivity contribution in [3.63, 3.8) is 0 Å². The van der Waals surface area contributed by atoms with Gasteiger partial charge in [-0.15, -0.1) is 0 Å². The van der Waals surface area contributed by atoms with Gasteiger partial charge < -0.3 is 13.8 Å². The number of nitrogens with zero attached hydrogens (tertiary/aromatic N) is 5. The van der Waals surface area contributed by atoms with Crippen LogP contribution in [-0.2, 0) is 11.3 Å². The summed E-state index contributed by atoms with van der Waals surface area (Å²) in [5.74, 6) is 1.22. The van der Waals surface area contributed by atoms with Gasteiger partial charge in [0.15, 0.2) is 0 Å². The van der Waals surface area contributed by atoms with Crippen molar-refractivity contribution >= 4 is 22.5 Å². The van der Waals surface area contributed by atoms with Crippen LogP contribution in [0, 0.1) is 0 Å². The van der Waals surface area contributed by atoms with Gasteiger partial charge in [0.2, 0.25) is 11.7 Å². The number of ether oxygens (including phenoxy) is 1. The molecule has 0 atom stereocenters. The van der Waals surface area contributed by atoms with Crippen molar-refractivity contribution in [1.82, 2.24) is 24.1 Å². The van der Waals surface area contributed by atoms with Gasteiger partial charge in [-0.2, -0.15) is 4.98 Å². The first kappa shape index (κ1) is 17.6. The standard InChI is InChI=1S/C20H19N5O4/c1-3-8-24-15-9-13(28-11(2)26)6-7-14(15)25-10-21-16(17(25)20(24)27)18-22-19(29-23-18)12-4-5-12/h6-7,9-10,12H,3-5,8H2,1-2H3. The molecular formula is C20H19N5O4. The molecule has 0 aliphatic heterocycles. The molecule has 5 rings (SSSR count). The fourth-order valence-corrected chi connectivity index (χ4v) is 3.56. The lowest BCUT2D eigenvalue weighted by Crippen LogP contribution is -2.23. The van der Waals surface area contributed by atoms with Gasteiger partial charge in [-0.1, -0.05) is 12.1 Å². The lowest BCUT2D eigenvalue weighted by molar-refractivity contribution is -0.131. The zero-order valence-corrected chi connectivity index (χ0v) is 16.1. The molecule has 9 nitrogen and oxygen atoms in total. The minimum Gasteiger partial charge on any atom is -0.427 e. The molecule has 1 aromatic carbocycles. The lowest BCUT2D eigenvalue weighted by atomic mass is 10.2. The summed E-state index contributed by atoms with van der Waals surface area (Å²) in [6.07, 6.45) is 4.44. The molecule has 9 heteroatoms. The molecule has 1 fully saturated rings. The van der Waals surface area contributed by atoms with Gasteiger partial charge in [0.25, 0.3) is 5.56 Å². The highest BCUT2D eigenvalue weighted by Gasteiger charge is 2.30. The fourth-order valence-electron chi connectivity index (χ4n) is 3.56. The number of imidazole rings is 1. The van der Waals surface area contributed by atoms with Crippen molar-refractivity contribution in [3.8, 4) is 17.3 Å². The summed E-state index contributed by atoms with van der Waals surface area (Å²) in [6.45, 7) is 3.85. The summed E-state index contributed by atoms with van der Waals surface area (Å²) in [7, 11) is 0. The number of esters is 1. The Morgan fingerprint density at radius 3 is 2.86 bits per heavy atom. The van der Waals surface area contributed by atoms with E-state index >= 15 is 0 Å². The molecule has 0 bridgehead atoms. The van der Waals surface area contributed by atoms with Crippen molar-refractivity contribution in [1.29, 1.82) is 0 Å². The van der Waals surface area contributed by atoms with E-state index in [1.807, 2.05) is 13.0 Å². The van der Waals surface area contributed by atoms with E-state index in [1.54, 1.807) is 27.4 Å². The van der Waals surface area contributed by atoms with E-state index in [1.165, 1.54) is 6.92 Å². The number of fused-ring (bicyclic) bond motifs is 3. The number of benzene rings is 1. The van der Waals surface area contributed by atoms with Crippen LogP contribution in [0.1, 0.15) is 44.9 Å². The van der Waals surface area contributed by atoms with Crippen molar-refractivity contribution in [2.24, 2.45) is 0 Å². The Labute approximate surface area is 164 Å². The van der Waals surface area contributed by atoms with Crippen molar-refractivity contribution in [2.45, 2.75) is 45.6 Å². The number of rotatable bonds is 5. The molecule has 4 aromatic rings. The van der Waals surface area contributed by atoms with Gasteiger partial charge in [0.1, 0.15) is 23.3 Å². The first-order valence-corrected chi connectivity index (χ1v) is 9.62. The third-order valence-corrected chi connectivity index (χ3v) is 5.00. The quantitative estimate of drug-likeness (QED) is 0.379. The number of carbonyl (C=O) groups excluding carboxylic acids is 1. The molecule has 3 heterocycles. The highest BCUT2D eigenvalue weighted by atomic mass is 16.5. The van der Waals surface area contributed by atoms with Crippen LogP contribution in [0.15, 0.2) is 33.8 Å². The van der Waals surface area contributed by atoms with Gasteiger partial charge in [0, 0.05) is 25.5 Å². The lowest BCUT2D eigenvalue weighted by Gasteiger charge is -2.13. The van der Waals surface area contributed by atoms with Crippen LogP contribution in [0.25, 0.3) is 28.1 Å². The van der Waals surface area contributed by atoms with E-state index in [0.717, 1.165) is 24.8 Å². The second-order valence-electron chi connectivity index (χ2n) is 7.24. The van der Waals surface area contributed by atoms with Gasteiger partial charge >= 0.3 is 5.97 Å². The Morgan fingerprint density at radius 1 is 1.31 bits per heavy atom. The fraction of sp³-hybridized carbons (Fsp3) is 0.350. The van der Waals surface area contributed by atoms with Crippen LogP contribution in [0.3, 0.4) is 0 Å². The predicted octanol–water partition coefficient (Wildman–Crippen LogP) is 2.91. The molecule has 148 valence electrons. The zero-order valence-electron chi connectivity index (χ0n) is 16.1.